The Hall–Kier alpha value is -3.42. The van der Waals surface area contributed by atoms with Crippen molar-refractivity contribution in [1.29, 1.82) is 0 Å². The molecule has 0 bridgehead atoms. The first-order valence-corrected chi connectivity index (χ1v) is 15.0. The van der Waals surface area contributed by atoms with Crippen LogP contribution in [0.3, 0.4) is 0 Å². The average Bonchev–Trinajstić information content (AvgIpc) is 3.54. The maximum absolute atomic E-state index is 12.7. The molecule has 0 spiro atoms. The Labute approximate surface area is 239 Å². The maximum Gasteiger partial charge on any atom is 0.236 e. The molecule has 4 rings (SSSR count). The molecule has 2 heterocycles. The zero-order valence-electron chi connectivity index (χ0n) is 22.1. The molecule has 0 aliphatic heterocycles. The van der Waals surface area contributed by atoms with Gasteiger partial charge >= 0.3 is 0 Å². The molecule has 0 unspecified atom stereocenters. The third-order valence-electron chi connectivity index (χ3n) is 5.53. The molecular weight excluding hydrogens is 555 g/mol. The number of nitrogens with one attached hydrogen (secondary N) is 2. The van der Waals surface area contributed by atoms with Gasteiger partial charge in [-0.2, -0.15) is 0 Å². The summed E-state index contributed by atoms with van der Waals surface area (Å²) in [4.78, 5) is 25.3. The first-order chi connectivity index (χ1) is 18.9. The number of carbonyl (C=O) groups is 2. The van der Waals surface area contributed by atoms with E-state index in [-0.39, 0.29) is 30.5 Å². The summed E-state index contributed by atoms with van der Waals surface area (Å²) < 4.78 is 7.89. The van der Waals surface area contributed by atoms with E-state index in [0.717, 1.165) is 38.2 Å². The van der Waals surface area contributed by atoms with Crippen LogP contribution in [0.1, 0.15) is 29.4 Å². The van der Waals surface area contributed by atoms with Gasteiger partial charge in [0.25, 0.3) is 0 Å². The Bertz CT molecular complexity index is 1440. The number of hydrogen-bond acceptors (Lipinski definition) is 10. The Morgan fingerprint density at radius 2 is 1.79 bits per heavy atom. The third-order valence-corrected chi connectivity index (χ3v) is 8.31. The Kier molecular flexibility index (Phi) is 9.96. The van der Waals surface area contributed by atoms with Gasteiger partial charge in [0.05, 0.1) is 31.5 Å². The van der Waals surface area contributed by atoms with Crippen LogP contribution in [0.2, 0.25) is 0 Å². The molecule has 0 atom stereocenters. The van der Waals surface area contributed by atoms with E-state index >= 15 is 0 Å². The minimum Gasteiger partial charge on any atom is -0.497 e. The quantitative estimate of drug-likeness (QED) is 0.184. The molecule has 2 N–H and O–H groups in total. The molecule has 2 aromatic heterocycles. The fourth-order valence-electron chi connectivity index (χ4n) is 3.61. The van der Waals surface area contributed by atoms with Gasteiger partial charge in [-0.05, 0) is 54.5 Å². The number of anilines is 1. The Morgan fingerprint density at radius 1 is 1.00 bits per heavy atom. The van der Waals surface area contributed by atoms with Gasteiger partial charge in [-0.1, -0.05) is 66.0 Å². The van der Waals surface area contributed by atoms with Crippen molar-refractivity contribution < 1.29 is 14.3 Å². The smallest absolute Gasteiger partial charge is 0.236 e. The zero-order chi connectivity index (χ0) is 27.8. The largest absolute Gasteiger partial charge is 0.497 e. The highest BCUT2D eigenvalue weighted by atomic mass is 32.2. The topological polar surface area (TPSA) is 124 Å². The van der Waals surface area contributed by atoms with Crippen molar-refractivity contribution in [2.45, 2.75) is 43.2 Å². The van der Waals surface area contributed by atoms with E-state index in [9.17, 15) is 9.59 Å². The zero-order valence-corrected chi connectivity index (χ0v) is 24.5. The molecule has 0 saturated heterocycles. The Balaban J connectivity index is 1.46. The molecule has 204 valence electrons. The molecular formula is C26H29N7O3S3. The van der Waals surface area contributed by atoms with Crippen molar-refractivity contribution in [3.63, 3.8) is 0 Å². The van der Waals surface area contributed by atoms with Gasteiger partial charge in [-0.3, -0.25) is 19.5 Å². The number of methoxy groups -OCH3 is 1. The molecule has 13 heteroatoms. The minimum atomic E-state index is -0.214. The SMILES string of the molecule is CCSc1nnc(NC(=O)CSc2nnc(CNC(=O)Cc3ccc(OC)cc3)n2-c2cc(C)ccc2C)s1. The number of ether oxygens (including phenoxy) is 1. The van der Waals surface area contributed by atoms with E-state index in [1.165, 1.54) is 23.1 Å². The van der Waals surface area contributed by atoms with Crippen molar-refractivity contribution >= 4 is 51.8 Å². The second-order valence-electron chi connectivity index (χ2n) is 8.47. The van der Waals surface area contributed by atoms with Crippen LogP contribution in [0.25, 0.3) is 5.69 Å². The average molecular weight is 584 g/mol. The summed E-state index contributed by atoms with van der Waals surface area (Å²) in [6.07, 6.45) is 0.230. The van der Waals surface area contributed by atoms with E-state index in [0.29, 0.717) is 16.1 Å². The fraction of sp³-hybridized carbons (Fsp3) is 0.308. The van der Waals surface area contributed by atoms with Gasteiger partial charge in [0.1, 0.15) is 5.75 Å². The second kappa shape index (κ2) is 13.6. The van der Waals surface area contributed by atoms with Gasteiger partial charge in [-0.25, -0.2) is 0 Å². The molecule has 0 aliphatic rings. The lowest BCUT2D eigenvalue weighted by Crippen LogP contribution is -2.26. The van der Waals surface area contributed by atoms with Crippen LogP contribution in [0.15, 0.2) is 52.0 Å². The summed E-state index contributed by atoms with van der Waals surface area (Å²) in [5, 5.41) is 23.6. The predicted octanol–water partition coefficient (Wildman–Crippen LogP) is 4.45. The molecule has 0 radical (unpaired) electrons. The Morgan fingerprint density at radius 3 is 2.54 bits per heavy atom. The standard InChI is InChI=1S/C26H29N7O3S3/c1-5-37-26-32-30-24(39-26)28-23(35)15-38-25-31-29-21(33(25)20-12-16(2)6-7-17(20)3)14-27-22(34)13-18-8-10-19(36-4)11-9-18/h6-12H,5,13-15H2,1-4H3,(H,27,34)(H,28,30,35). The van der Waals surface area contributed by atoms with E-state index in [1.807, 2.05) is 67.8 Å². The molecule has 4 aromatic rings. The predicted molar refractivity (Wildman–Crippen MR) is 155 cm³/mol. The van der Waals surface area contributed by atoms with Crippen LogP contribution in [0, 0.1) is 13.8 Å². The molecule has 2 amide bonds. The monoisotopic (exact) mass is 583 g/mol. The molecule has 39 heavy (non-hydrogen) atoms. The highest BCUT2D eigenvalue weighted by Crippen LogP contribution is 2.27. The number of thioether (sulfide) groups is 2. The number of rotatable bonds is 12. The number of benzene rings is 2. The van der Waals surface area contributed by atoms with Crippen molar-refractivity contribution in [2.75, 3.05) is 23.9 Å². The summed E-state index contributed by atoms with van der Waals surface area (Å²) in [7, 11) is 1.60. The van der Waals surface area contributed by atoms with E-state index in [4.69, 9.17) is 4.74 Å². The number of nitrogens with zero attached hydrogens (tertiary/aromatic N) is 5. The molecule has 0 saturated carbocycles. The number of hydrogen-bond donors (Lipinski definition) is 2. The lowest BCUT2D eigenvalue weighted by Gasteiger charge is -2.14. The van der Waals surface area contributed by atoms with Gasteiger partial charge in [0.2, 0.25) is 16.9 Å². The van der Waals surface area contributed by atoms with E-state index in [1.54, 1.807) is 18.9 Å². The van der Waals surface area contributed by atoms with Crippen LogP contribution in [0.4, 0.5) is 5.13 Å². The summed E-state index contributed by atoms with van der Waals surface area (Å²) in [5.74, 6) is 1.96. The molecule has 2 aromatic carbocycles. The number of amides is 2. The number of aromatic nitrogens is 5. The van der Waals surface area contributed by atoms with Gasteiger partial charge in [-0.15, -0.1) is 20.4 Å². The van der Waals surface area contributed by atoms with Gasteiger partial charge in [0.15, 0.2) is 15.3 Å². The second-order valence-corrected chi connectivity index (χ2v) is 11.9. The highest BCUT2D eigenvalue weighted by molar-refractivity contribution is 8.01. The first kappa shape index (κ1) is 28.6. The highest BCUT2D eigenvalue weighted by Gasteiger charge is 2.19. The van der Waals surface area contributed by atoms with Crippen molar-refractivity contribution in [3.8, 4) is 11.4 Å². The lowest BCUT2D eigenvalue weighted by molar-refractivity contribution is -0.120. The van der Waals surface area contributed by atoms with Crippen molar-refractivity contribution in [1.82, 2.24) is 30.3 Å². The molecule has 0 aliphatic carbocycles. The molecule has 0 fully saturated rings. The van der Waals surface area contributed by atoms with E-state index < -0.39 is 0 Å². The van der Waals surface area contributed by atoms with Crippen LogP contribution >= 0.6 is 34.9 Å². The normalized spacial score (nSPS) is 10.9. The van der Waals surface area contributed by atoms with Crippen molar-refractivity contribution in [2.24, 2.45) is 0 Å². The third kappa shape index (κ3) is 7.80. The maximum atomic E-state index is 12.7. The number of carbonyl (C=O) groups excluding carboxylic acids is 2. The first-order valence-electron chi connectivity index (χ1n) is 12.2. The van der Waals surface area contributed by atoms with Crippen LogP contribution in [0.5, 0.6) is 5.75 Å². The number of aryl methyl sites for hydroxylation is 2. The lowest BCUT2D eigenvalue weighted by atomic mass is 10.1. The van der Waals surface area contributed by atoms with Crippen LogP contribution in [-0.4, -0.2) is 55.4 Å². The summed E-state index contributed by atoms with van der Waals surface area (Å²) >= 11 is 4.19. The van der Waals surface area contributed by atoms with E-state index in [2.05, 4.69) is 31.0 Å². The summed E-state index contributed by atoms with van der Waals surface area (Å²) in [5.41, 5.74) is 3.87. The summed E-state index contributed by atoms with van der Waals surface area (Å²) in [6, 6.07) is 13.5. The molecule has 10 nitrogen and oxygen atoms in total. The fourth-order valence-corrected chi connectivity index (χ4v) is 6.04. The van der Waals surface area contributed by atoms with Gasteiger partial charge in [0, 0.05) is 0 Å². The van der Waals surface area contributed by atoms with Crippen LogP contribution in [-0.2, 0) is 22.6 Å². The van der Waals surface area contributed by atoms with Crippen molar-refractivity contribution in [3.05, 3.63) is 65.0 Å². The van der Waals surface area contributed by atoms with Crippen LogP contribution < -0.4 is 15.4 Å². The minimum absolute atomic E-state index is 0.114. The summed E-state index contributed by atoms with van der Waals surface area (Å²) in [6.45, 7) is 6.23. The van der Waals surface area contributed by atoms with Gasteiger partial charge < -0.3 is 10.1 Å².